The van der Waals surface area contributed by atoms with Crippen LogP contribution in [-0.2, 0) is 11.3 Å². The molecular formula is C22H24N4O4. The van der Waals surface area contributed by atoms with Crippen LogP contribution in [0.2, 0.25) is 0 Å². The first-order chi connectivity index (χ1) is 14.4. The molecule has 0 spiro atoms. The van der Waals surface area contributed by atoms with E-state index in [-0.39, 0.29) is 29.7 Å². The van der Waals surface area contributed by atoms with Crippen LogP contribution in [0.3, 0.4) is 0 Å². The van der Waals surface area contributed by atoms with Gasteiger partial charge in [-0.3, -0.25) is 14.4 Å². The highest BCUT2D eigenvalue weighted by Crippen LogP contribution is 2.15. The maximum absolute atomic E-state index is 12.7. The summed E-state index contributed by atoms with van der Waals surface area (Å²) in [6.07, 6.45) is 0. The molecule has 0 aliphatic rings. The predicted octanol–water partition coefficient (Wildman–Crippen LogP) is 2.03. The fraction of sp³-hybridized carbons (Fsp3) is 0.273. The van der Waals surface area contributed by atoms with Crippen molar-refractivity contribution in [2.24, 2.45) is 0 Å². The Hall–Kier alpha value is -3.68. The second kappa shape index (κ2) is 9.21. The average Bonchev–Trinajstić information content (AvgIpc) is 2.76. The molecule has 1 aromatic heterocycles. The third-order valence-electron chi connectivity index (χ3n) is 4.59. The van der Waals surface area contributed by atoms with Crippen LogP contribution in [-0.4, -0.2) is 35.2 Å². The van der Waals surface area contributed by atoms with E-state index in [4.69, 9.17) is 4.74 Å². The summed E-state index contributed by atoms with van der Waals surface area (Å²) in [7, 11) is 1.59. The number of benzene rings is 2. The van der Waals surface area contributed by atoms with Gasteiger partial charge in [0.05, 0.1) is 25.1 Å². The summed E-state index contributed by atoms with van der Waals surface area (Å²) >= 11 is 0. The normalized spacial score (nSPS) is 10.8. The number of ether oxygens (including phenoxy) is 1. The van der Waals surface area contributed by atoms with E-state index >= 15 is 0 Å². The summed E-state index contributed by atoms with van der Waals surface area (Å²) < 4.78 is 6.38. The molecule has 2 aromatic carbocycles. The SMILES string of the molecule is COc1ccc(CNC(=O)CNC(=O)c2nn(C(C)C)c(=O)c3ccccc23)cc1. The van der Waals surface area contributed by atoms with Gasteiger partial charge in [0.2, 0.25) is 5.91 Å². The summed E-state index contributed by atoms with van der Waals surface area (Å²) in [6, 6.07) is 13.9. The van der Waals surface area contributed by atoms with Crippen molar-refractivity contribution in [3.63, 3.8) is 0 Å². The Kier molecular flexibility index (Phi) is 6.46. The molecule has 3 rings (SSSR count). The Morgan fingerprint density at radius 2 is 1.70 bits per heavy atom. The van der Waals surface area contributed by atoms with Gasteiger partial charge in [-0.15, -0.1) is 0 Å². The molecule has 0 saturated heterocycles. The van der Waals surface area contributed by atoms with Gasteiger partial charge >= 0.3 is 0 Å². The van der Waals surface area contributed by atoms with E-state index in [0.29, 0.717) is 17.3 Å². The van der Waals surface area contributed by atoms with Crippen LogP contribution in [0.4, 0.5) is 0 Å². The number of amides is 2. The van der Waals surface area contributed by atoms with Gasteiger partial charge in [0.15, 0.2) is 5.69 Å². The average molecular weight is 408 g/mol. The molecule has 0 radical (unpaired) electrons. The van der Waals surface area contributed by atoms with E-state index in [1.54, 1.807) is 31.4 Å². The smallest absolute Gasteiger partial charge is 0.274 e. The van der Waals surface area contributed by atoms with Gasteiger partial charge in [0.25, 0.3) is 11.5 Å². The van der Waals surface area contributed by atoms with Crippen LogP contribution < -0.4 is 20.9 Å². The summed E-state index contributed by atoms with van der Waals surface area (Å²) in [6.45, 7) is 3.76. The number of fused-ring (bicyclic) bond motifs is 1. The number of hydrogen-bond acceptors (Lipinski definition) is 5. The molecular weight excluding hydrogens is 384 g/mol. The minimum Gasteiger partial charge on any atom is -0.497 e. The quantitative estimate of drug-likeness (QED) is 0.623. The first-order valence-electron chi connectivity index (χ1n) is 9.60. The molecule has 1 heterocycles. The number of nitrogens with zero attached hydrogens (tertiary/aromatic N) is 2. The van der Waals surface area contributed by atoms with E-state index in [9.17, 15) is 14.4 Å². The molecule has 0 saturated carbocycles. The third kappa shape index (κ3) is 4.65. The molecule has 30 heavy (non-hydrogen) atoms. The summed E-state index contributed by atoms with van der Waals surface area (Å²) in [5, 5.41) is 10.4. The van der Waals surface area contributed by atoms with Gasteiger partial charge < -0.3 is 15.4 Å². The van der Waals surface area contributed by atoms with Crippen LogP contribution in [0.5, 0.6) is 5.75 Å². The number of rotatable bonds is 7. The van der Waals surface area contributed by atoms with E-state index in [0.717, 1.165) is 11.3 Å². The van der Waals surface area contributed by atoms with E-state index in [2.05, 4.69) is 15.7 Å². The van der Waals surface area contributed by atoms with Crippen molar-refractivity contribution < 1.29 is 14.3 Å². The third-order valence-corrected chi connectivity index (χ3v) is 4.59. The maximum atomic E-state index is 12.7. The number of hydrogen-bond donors (Lipinski definition) is 2. The Balaban J connectivity index is 1.68. The molecule has 0 aliphatic heterocycles. The molecule has 2 amide bonds. The second-order valence-corrected chi connectivity index (χ2v) is 7.05. The number of carbonyl (C=O) groups excluding carboxylic acids is 2. The van der Waals surface area contributed by atoms with Crippen LogP contribution in [0.15, 0.2) is 53.3 Å². The van der Waals surface area contributed by atoms with E-state index in [1.165, 1.54) is 4.68 Å². The topological polar surface area (TPSA) is 102 Å². The molecule has 0 bridgehead atoms. The molecule has 2 N–H and O–H groups in total. The molecule has 0 unspecified atom stereocenters. The lowest BCUT2D eigenvalue weighted by molar-refractivity contribution is -0.120. The number of aromatic nitrogens is 2. The van der Waals surface area contributed by atoms with Gasteiger partial charge in [-0.2, -0.15) is 5.10 Å². The highest BCUT2D eigenvalue weighted by Gasteiger charge is 2.18. The van der Waals surface area contributed by atoms with Crippen molar-refractivity contribution in [2.45, 2.75) is 26.4 Å². The zero-order valence-electron chi connectivity index (χ0n) is 17.1. The summed E-state index contributed by atoms with van der Waals surface area (Å²) in [4.78, 5) is 37.4. The van der Waals surface area contributed by atoms with Crippen molar-refractivity contribution in [2.75, 3.05) is 13.7 Å². The van der Waals surface area contributed by atoms with Crippen LogP contribution >= 0.6 is 0 Å². The van der Waals surface area contributed by atoms with Crippen molar-refractivity contribution in [3.8, 4) is 5.75 Å². The lowest BCUT2D eigenvalue weighted by atomic mass is 10.1. The molecule has 8 heteroatoms. The van der Waals surface area contributed by atoms with Crippen molar-refractivity contribution >= 4 is 22.6 Å². The highest BCUT2D eigenvalue weighted by atomic mass is 16.5. The lowest BCUT2D eigenvalue weighted by Crippen LogP contribution is -2.38. The highest BCUT2D eigenvalue weighted by molar-refractivity contribution is 6.05. The van der Waals surface area contributed by atoms with Gasteiger partial charge in [-0.05, 0) is 37.6 Å². The maximum Gasteiger partial charge on any atom is 0.274 e. The zero-order chi connectivity index (χ0) is 21.7. The largest absolute Gasteiger partial charge is 0.497 e. The van der Waals surface area contributed by atoms with Crippen molar-refractivity contribution in [1.29, 1.82) is 0 Å². The Bertz CT molecular complexity index is 1120. The monoisotopic (exact) mass is 408 g/mol. The van der Waals surface area contributed by atoms with Crippen molar-refractivity contribution in [3.05, 3.63) is 70.1 Å². The fourth-order valence-corrected chi connectivity index (χ4v) is 2.98. The zero-order valence-corrected chi connectivity index (χ0v) is 17.1. The molecule has 0 atom stereocenters. The molecule has 0 aliphatic carbocycles. The van der Waals surface area contributed by atoms with Crippen LogP contribution in [0.1, 0.15) is 35.9 Å². The molecule has 0 fully saturated rings. The molecule has 3 aromatic rings. The van der Waals surface area contributed by atoms with Gasteiger partial charge in [-0.25, -0.2) is 4.68 Å². The van der Waals surface area contributed by atoms with Crippen LogP contribution in [0, 0.1) is 0 Å². The van der Waals surface area contributed by atoms with Gasteiger partial charge in [-0.1, -0.05) is 30.3 Å². The molecule has 8 nitrogen and oxygen atoms in total. The second-order valence-electron chi connectivity index (χ2n) is 7.05. The molecule has 156 valence electrons. The fourth-order valence-electron chi connectivity index (χ4n) is 2.98. The number of methoxy groups -OCH3 is 1. The lowest BCUT2D eigenvalue weighted by Gasteiger charge is -2.13. The Labute approximate surface area is 173 Å². The van der Waals surface area contributed by atoms with E-state index in [1.807, 2.05) is 38.1 Å². The minimum atomic E-state index is -0.514. The van der Waals surface area contributed by atoms with Gasteiger partial charge in [0, 0.05) is 11.9 Å². The number of carbonyl (C=O) groups is 2. The standard InChI is InChI=1S/C22H24N4O4/c1-14(2)26-22(29)18-7-5-4-6-17(18)20(25-26)21(28)24-13-19(27)23-12-15-8-10-16(30-3)11-9-15/h4-11,14H,12-13H2,1-3H3,(H,23,27)(H,24,28). The summed E-state index contributed by atoms with van der Waals surface area (Å²) in [5.41, 5.74) is 0.767. The number of nitrogens with one attached hydrogen (secondary N) is 2. The van der Waals surface area contributed by atoms with Crippen LogP contribution in [0.25, 0.3) is 10.8 Å². The predicted molar refractivity (Wildman–Crippen MR) is 114 cm³/mol. The Morgan fingerprint density at radius 1 is 1.03 bits per heavy atom. The van der Waals surface area contributed by atoms with Gasteiger partial charge in [0.1, 0.15) is 5.75 Å². The first kappa shape index (κ1) is 21.0. The minimum absolute atomic E-state index is 0.113. The van der Waals surface area contributed by atoms with E-state index < -0.39 is 5.91 Å². The Morgan fingerprint density at radius 3 is 2.33 bits per heavy atom. The first-order valence-corrected chi connectivity index (χ1v) is 9.60. The van der Waals surface area contributed by atoms with Crippen molar-refractivity contribution in [1.82, 2.24) is 20.4 Å². The summed E-state index contributed by atoms with van der Waals surface area (Å²) in [5.74, 6) is -0.111.